The summed E-state index contributed by atoms with van der Waals surface area (Å²) in [5, 5.41) is 0. The summed E-state index contributed by atoms with van der Waals surface area (Å²) >= 11 is 0. The molecule has 1 atom stereocenters. The van der Waals surface area contributed by atoms with Crippen LogP contribution in [0.4, 0.5) is 5.69 Å². The molecule has 198 valence electrons. The summed E-state index contributed by atoms with van der Waals surface area (Å²) in [4.78, 5) is 20.1. The molecular formula is C32H37N3O3. The van der Waals surface area contributed by atoms with E-state index >= 15 is 0 Å². The van der Waals surface area contributed by atoms with Crippen molar-refractivity contribution in [1.82, 2.24) is 9.55 Å². The lowest BCUT2D eigenvalue weighted by Crippen LogP contribution is -2.25. The third-order valence-electron chi connectivity index (χ3n) is 7.20. The quantitative estimate of drug-likeness (QED) is 0.218. The Morgan fingerprint density at radius 1 is 1.00 bits per heavy atom. The van der Waals surface area contributed by atoms with Gasteiger partial charge in [0, 0.05) is 25.4 Å². The van der Waals surface area contributed by atoms with Gasteiger partial charge in [-0.3, -0.25) is 4.79 Å². The molecule has 0 aliphatic carbocycles. The summed E-state index contributed by atoms with van der Waals surface area (Å²) in [6, 6.07) is 22.4. The van der Waals surface area contributed by atoms with Crippen molar-refractivity contribution in [2.24, 2.45) is 0 Å². The lowest BCUT2D eigenvalue weighted by molar-refractivity contribution is -0.117. The number of anilines is 1. The fourth-order valence-electron chi connectivity index (χ4n) is 5.36. The molecule has 0 radical (unpaired) electrons. The monoisotopic (exact) mass is 511 g/mol. The van der Waals surface area contributed by atoms with Crippen molar-refractivity contribution in [2.75, 3.05) is 24.7 Å². The number of carbonyl (C=O) groups is 1. The first-order chi connectivity index (χ1) is 18.5. The van der Waals surface area contributed by atoms with Crippen LogP contribution in [0.3, 0.4) is 0 Å². The summed E-state index contributed by atoms with van der Waals surface area (Å²) in [5.41, 5.74) is 5.33. The standard InChI is InChI=1S/C32H37N3O3/c1-5-37-29-14-9-8-13-28(29)35-21-24(20-31(35)36)32-33-26-11-6-7-12-27(26)34(32)17-10-18-38-30-19-23(4)15-16-25(30)22(2)3/h6-9,11-16,19,22,24H,5,10,17-18,20-21H2,1-4H3/t24-/m0/s1. The Labute approximate surface area is 225 Å². The molecule has 6 heteroatoms. The molecule has 1 aliphatic heterocycles. The molecule has 1 amide bonds. The SMILES string of the molecule is CCOc1ccccc1N1C[C@@H](c2nc3ccccc3n2CCCOc2cc(C)ccc2C(C)C)CC1=O. The molecule has 38 heavy (non-hydrogen) atoms. The maximum Gasteiger partial charge on any atom is 0.227 e. The fraction of sp³-hybridized carbons (Fsp3) is 0.375. The van der Waals surface area contributed by atoms with Gasteiger partial charge in [-0.1, -0.05) is 50.2 Å². The lowest BCUT2D eigenvalue weighted by atomic mass is 10.0. The Kier molecular flexibility index (Phi) is 7.68. The lowest BCUT2D eigenvalue weighted by Gasteiger charge is -2.20. The summed E-state index contributed by atoms with van der Waals surface area (Å²) in [7, 11) is 0. The molecule has 1 fully saturated rings. The number of carbonyl (C=O) groups excluding carboxylic acids is 1. The third-order valence-corrected chi connectivity index (χ3v) is 7.20. The van der Waals surface area contributed by atoms with E-state index in [2.05, 4.69) is 49.6 Å². The van der Waals surface area contributed by atoms with Crippen molar-refractivity contribution in [1.29, 1.82) is 0 Å². The number of hydrogen-bond donors (Lipinski definition) is 0. The largest absolute Gasteiger partial charge is 0.493 e. The molecule has 2 heterocycles. The van der Waals surface area contributed by atoms with Gasteiger partial charge in [-0.15, -0.1) is 0 Å². The number of hydrogen-bond acceptors (Lipinski definition) is 4. The van der Waals surface area contributed by atoms with Crippen LogP contribution >= 0.6 is 0 Å². The Bertz CT molecular complexity index is 1420. The maximum absolute atomic E-state index is 13.2. The van der Waals surface area contributed by atoms with Gasteiger partial charge in [0.2, 0.25) is 5.91 Å². The van der Waals surface area contributed by atoms with E-state index in [-0.39, 0.29) is 11.8 Å². The van der Waals surface area contributed by atoms with Crippen LogP contribution in [-0.2, 0) is 11.3 Å². The van der Waals surface area contributed by atoms with E-state index in [4.69, 9.17) is 14.5 Å². The van der Waals surface area contributed by atoms with Crippen LogP contribution in [0.25, 0.3) is 11.0 Å². The van der Waals surface area contributed by atoms with Gasteiger partial charge in [0.25, 0.3) is 0 Å². The van der Waals surface area contributed by atoms with E-state index in [1.807, 2.05) is 54.3 Å². The Hall–Kier alpha value is -3.80. The highest BCUT2D eigenvalue weighted by molar-refractivity contribution is 5.97. The van der Waals surface area contributed by atoms with Crippen molar-refractivity contribution in [2.45, 2.75) is 58.9 Å². The minimum absolute atomic E-state index is 0.00909. The Morgan fingerprint density at radius 3 is 2.61 bits per heavy atom. The van der Waals surface area contributed by atoms with Gasteiger partial charge < -0.3 is 18.9 Å². The number of benzene rings is 3. The van der Waals surface area contributed by atoms with Crippen LogP contribution in [0.5, 0.6) is 11.5 Å². The molecule has 1 saturated heterocycles. The number of aryl methyl sites for hydroxylation is 2. The second-order valence-electron chi connectivity index (χ2n) is 10.3. The summed E-state index contributed by atoms with van der Waals surface area (Å²) in [6.45, 7) is 11.0. The minimum Gasteiger partial charge on any atom is -0.493 e. The molecule has 0 bridgehead atoms. The first kappa shape index (κ1) is 25.8. The van der Waals surface area contributed by atoms with E-state index in [0.29, 0.717) is 32.1 Å². The van der Waals surface area contributed by atoms with E-state index in [1.165, 1.54) is 11.1 Å². The fourth-order valence-corrected chi connectivity index (χ4v) is 5.36. The van der Waals surface area contributed by atoms with Crippen molar-refractivity contribution in [3.8, 4) is 11.5 Å². The van der Waals surface area contributed by atoms with E-state index in [0.717, 1.165) is 47.0 Å². The number of amides is 1. The normalized spacial score (nSPS) is 15.6. The highest BCUT2D eigenvalue weighted by atomic mass is 16.5. The van der Waals surface area contributed by atoms with Gasteiger partial charge in [-0.2, -0.15) is 0 Å². The molecule has 0 unspecified atom stereocenters. The van der Waals surface area contributed by atoms with Crippen molar-refractivity contribution < 1.29 is 14.3 Å². The molecule has 6 nitrogen and oxygen atoms in total. The van der Waals surface area contributed by atoms with Gasteiger partial charge >= 0.3 is 0 Å². The number of rotatable bonds is 10. The smallest absolute Gasteiger partial charge is 0.227 e. The molecular weight excluding hydrogens is 474 g/mol. The molecule has 3 aromatic carbocycles. The predicted molar refractivity (Wildman–Crippen MR) is 152 cm³/mol. The van der Waals surface area contributed by atoms with Gasteiger partial charge in [-0.25, -0.2) is 4.98 Å². The number of nitrogens with zero attached hydrogens (tertiary/aromatic N) is 3. The molecule has 1 aromatic heterocycles. The van der Waals surface area contributed by atoms with Crippen LogP contribution in [-0.4, -0.2) is 35.2 Å². The zero-order chi connectivity index (χ0) is 26.6. The number of fused-ring (bicyclic) bond motifs is 1. The molecule has 0 spiro atoms. The molecule has 1 aliphatic rings. The van der Waals surface area contributed by atoms with E-state index in [1.54, 1.807) is 0 Å². The number of imidazole rings is 1. The number of ether oxygens (including phenoxy) is 2. The topological polar surface area (TPSA) is 56.6 Å². The van der Waals surface area contributed by atoms with Gasteiger partial charge in [0.1, 0.15) is 17.3 Å². The van der Waals surface area contributed by atoms with Crippen molar-refractivity contribution in [3.63, 3.8) is 0 Å². The zero-order valence-corrected chi connectivity index (χ0v) is 22.8. The summed E-state index contributed by atoms with van der Waals surface area (Å²) in [5.74, 6) is 3.20. The average Bonchev–Trinajstić information content (AvgIpc) is 3.47. The minimum atomic E-state index is 0.00909. The summed E-state index contributed by atoms with van der Waals surface area (Å²) in [6.07, 6.45) is 1.28. The third kappa shape index (κ3) is 5.26. The van der Waals surface area contributed by atoms with E-state index in [9.17, 15) is 4.79 Å². The van der Waals surface area contributed by atoms with Crippen LogP contribution in [0.15, 0.2) is 66.7 Å². The van der Waals surface area contributed by atoms with E-state index < -0.39 is 0 Å². The Morgan fingerprint density at radius 2 is 1.79 bits per heavy atom. The maximum atomic E-state index is 13.2. The number of aromatic nitrogens is 2. The van der Waals surface area contributed by atoms with Crippen molar-refractivity contribution >= 4 is 22.6 Å². The molecule has 0 N–H and O–H groups in total. The molecule has 0 saturated carbocycles. The number of para-hydroxylation sites is 4. The highest BCUT2D eigenvalue weighted by Gasteiger charge is 2.36. The van der Waals surface area contributed by atoms with Gasteiger partial charge in [0.05, 0.1) is 29.9 Å². The van der Waals surface area contributed by atoms with Crippen LogP contribution in [0.1, 0.15) is 62.4 Å². The average molecular weight is 512 g/mol. The van der Waals surface area contributed by atoms with Crippen LogP contribution < -0.4 is 14.4 Å². The van der Waals surface area contributed by atoms with Gasteiger partial charge in [0.15, 0.2) is 0 Å². The second-order valence-corrected chi connectivity index (χ2v) is 10.3. The van der Waals surface area contributed by atoms with Crippen molar-refractivity contribution in [3.05, 3.63) is 83.7 Å². The van der Waals surface area contributed by atoms with Gasteiger partial charge in [-0.05, 0) is 67.6 Å². The zero-order valence-electron chi connectivity index (χ0n) is 22.8. The first-order valence-corrected chi connectivity index (χ1v) is 13.7. The Balaban J connectivity index is 1.35. The first-order valence-electron chi connectivity index (χ1n) is 13.7. The molecule has 4 aromatic rings. The second kappa shape index (κ2) is 11.3. The highest BCUT2D eigenvalue weighted by Crippen LogP contribution is 2.37. The predicted octanol–water partition coefficient (Wildman–Crippen LogP) is 6.86. The molecule has 5 rings (SSSR count). The summed E-state index contributed by atoms with van der Waals surface area (Å²) < 4.78 is 14.4. The van der Waals surface area contributed by atoms with Crippen LogP contribution in [0, 0.1) is 6.92 Å². The van der Waals surface area contributed by atoms with Crippen LogP contribution in [0.2, 0.25) is 0 Å².